The van der Waals surface area contributed by atoms with Crippen LogP contribution in [0.3, 0.4) is 0 Å². The number of benzene rings is 1. The Morgan fingerprint density at radius 3 is 2.74 bits per heavy atom. The van der Waals surface area contributed by atoms with Crippen LogP contribution in [0, 0.1) is 16.7 Å². The Morgan fingerprint density at radius 2 is 2.03 bits per heavy atom. The Balaban J connectivity index is 1.51. The summed E-state index contributed by atoms with van der Waals surface area (Å²) < 4.78 is 0. The van der Waals surface area contributed by atoms with E-state index in [0.29, 0.717) is 41.5 Å². The van der Waals surface area contributed by atoms with Crippen molar-refractivity contribution in [3.8, 4) is 6.07 Å². The number of piperazine rings is 1. The van der Waals surface area contributed by atoms with Crippen molar-refractivity contribution in [2.45, 2.75) is 51.7 Å². The average Bonchev–Trinajstić information content (AvgIpc) is 3.38. The first-order valence-corrected chi connectivity index (χ1v) is 10.4. The zero-order valence-electron chi connectivity index (χ0n) is 17.7. The van der Waals surface area contributed by atoms with E-state index in [1.807, 2.05) is 20.8 Å². The van der Waals surface area contributed by atoms with Crippen LogP contribution < -0.4 is 4.90 Å². The van der Waals surface area contributed by atoms with Crippen molar-refractivity contribution >= 4 is 34.4 Å². The third-order valence-electron chi connectivity index (χ3n) is 6.37. The number of pyridine rings is 1. The molecular weight excluding hydrogens is 394 g/mol. The van der Waals surface area contributed by atoms with E-state index in [0.717, 1.165) is 0 Å². The standard InChI is InChI=1S/C23H23N5O3/c1-23(2,3)10-18(29)26-12-14-9-17(26)20-21(30)28(22(31)27(14)20)16-7-6-13(11-24)19-15(16)5-4-8-25-19/h4-8,14,17,20H,9-10,12H2,1-3H3/t14?,17?,20-/m1/s1. The highest BCUT2D eigenvalue weighted by Crippen LogP contribution is 2.44. The maximum atomic E-state index is 13.5. The molecule has 2 aromatic rings. The number of fused-ring (bicyclic) bond motifs is 6. The van der Waals surface area contributed by atoms with Crippen molar-refractivity contribution < 1.29 is 14.4 Å². The second-order valence-electron chi connectivity index (χ2n) is 9.69. The molecule has 0 spiro atoms. The molecule has 2 unspecified atom stereocenters. The number of hydrogen-bond acceptors (Lipinski definition) is 5. The Morgan fingerprint density at radius 1 is 1.26 bits per heavy atom. The monoisotopic (exact) mass is 417 g/mol. The highest BCUT2D eigenvalue weighted by atomic mass is 16.2. The highest BCUT2D eigenvalue weighted by molar-refractivity contribution is 6.25. The predicted molar refractivity (Wildman–Crippen MR) is 113 cm³/mol. The van der Waals surface area contributed by atoms with Gasteiger partial charge in [-0.25, -0.2) is 9.69 Å². The first-order chi connectivity index (χ1) is 14.7. The normalized spacial score (nSPS) is 24.8. The summed E-state index contributed by atoms with van der Waals surface area (Å²) in [6.07, 6.45) is 2.63. The van der Waals surface area contributed by atoms with Gasteiger partial charge in [0, 0.05) is 24.5 Å². The minimum atomic E-state index is -0.655. The van der Waals surface area contributed by atoms with Crippen LogP contribution in [0.4, 0.5) is 10.5 Å². The SMILES string of the molecule is CC(C)(C)CC(=O)N1CC2CC1[C@@H]1C(=O)N(c3ccc(C#N)c4ncccc34)C(=O)N21. The summed E-state index contributed by atoms with van der Waals surface area (Å²) in [5.74, 6) is -0.285. The molecule has 1 aromatic carbocycles. The molecule has 3 fully saturated rings. The van der Waals surface area contributed by atoms with E-state index in [1.54, 1.807) is 40.3 Å². The van der Waals surface area contributed by atoms with Gasteiger partial charge >= 0.3 is 6.03 Å². The van der Waals surface area contributed by atoms with Crippen LogP contribution in [0.15, 0.2) is 30.5 Å². The smallest absolute Gasteiger partial charge is 0.332 e. The lowest BCUT2D eigenvalue weighted by atomic mass is 9.91. The van der Waals surface area contributed by atoms with Crippen molar-refractivity contribution in [1.29, 1.82) is 5.26 Å². The molecule has 4 heterocycles. The molecule has 0 aliphatic carbocycles. The first kappa shape index (κ1) is 19.5. The molecule has 31 heavy (non-hydrogen) atoms. The lowest BCUT2D eigenvalue weighted by Crippen LogP contribution is -2.55. The van der Waals surface area contributed by atoms with Crippen LogP contribution in [-0.2, 0) is 9.59 Å². The van der Waals surface area contributed by atoms with E-state index in [9.17, 15) is 19.6 Å². The van der Waals surface area contributed by atoms with Crippen LogP contribution in [0.2, 0.25) is 0 Å². The van der Waals surface area contributed by atoms with Gasteiger partial charge in [-0.3, -0.25) is 14.6 Å². The van der Waals surface area contributed by atoms with Crippen LogP contribution in [-0.4, -0.2) is 57.3 Å². The van der Waals surface area contributed by atoms with Crippen molar-refractivity contribution in [3.05, 3.63) is 36.0 Å². The second-order valence-corrected chi connectivity index (χ2v) is 9.69. The number of anilines is 1. The van der Waals surface area contributed by atoms with Gasteiger partial charge in [-0.15, -0.1) is 0 Å². The molecule has 5 rings (SSSR count). The van der Waals surface area contributed by atoms with Gasteiger partial charge in [0.2, 0.25) is 5.91 Å². The summed E-state index contributed by atoms with van der Waals surface area (Å²) in [7, 11) is 0. The molecule has 8 heteroatoms. The largest absolute Gasteiger partial charge is 0.335 e. The molecule has 0 saturated carbocycles. The summed E-state index contributed by atoms with van der Waals surface area (Å²) in [5.41, 5.74) is 1.13. The molecule has 8 nitrogen and oxygen atoms in total. The minimum Gasteiger partial charge on any atom is -0.335 e. The number of urea groups is 1. The van der Waals surface area contributed by atoms with E-state index in [2.05, 4.69) is 11.1 Å². The first-order valence-electron chi connectivity index (χ1n) is 10.4. The number of amides is 4. The van der Waals surface area contributed by atoms with Gasteiger partial charge in [-0.1, -0.05) is 20.8 Å². The van der Waals surface area contributed by atoms with E-state index in [4.69, 9.17) is 0 Å². The van der Waals surface area contributed by atoms with E-state index in [-0.39, 0.29) is 35.3 Å². The number of hydrogen-bond donors (Lipinski definition) is 0. The molecule has 3 atom stereocenters. The molecule has 0 radical (unpaired) electrons. The number of imide groups is 1. The Hall–Kier alpha value is -3.47. The number of carbonyl (C=O) groups excluding carboxylic acids is 3. The zero-order chi connectivity index (χ0) is 22.1. The van der Waals surface area contributed by atoms with Crippen LogP contribution >= 0.6 is 0 Å². The summed E-state index contributed by atoms with van der Waals surface area (Å²) in [6, 6.07) is 7.35. The average molecular weight is 417 g/mol. The number of likely N-dealkylation sites (tertiary alicyclic amines) is 1. The highest BCUT2D eigenvalue weighted by Gasteiger charge is 2.63. The lowest BCUT2D eigenvalue weighted by molar-refractivity contribution is -0.137. The summed E-state index contributed by atoms with van der Waals surface area (Å²) >= 11 is 0. The van der Waals surface area contributed by atoms with Gasteiger partial charge in [-0.05, 0) is 36.1 Å². The Labute approximate surface area is 180 Å². The molecular formula is C23H23N5O3. The fraction of sp³-hybridized carbons (Fsp3) is 0.435. The zero-order valence-corrected chi connectivity index (χ0v) is 17.7. The molecule has 4 amide bonds. The Bertz CT molecular complexity index is 1180. The molecule has 3 aliphatic rings. The fourth-order valence-electron chi connectivity index (χ4n) is 5.16. The maximum absolute atomic E-state index is 13.5. The van der Waals surface area contributed by atoms with E-state index >= 15 is 0 Å². The number of rotatable bonds is 2. The topological polar surface area (TPSA) is 97.6 Å². The van der Waals surface area contributed by atoms with Gasteiger partial charge in [0.15, 0.2) is 0 Å². The molecule has 3 aliphatic heterocycles. The maximum Gasteiger partial charge on any atom is 0.332 e. The van der Waals surface area contributed by atoms with Crippen molar-refractivity contribution in [1.82, 2.24) is 14.8 Å². The van der Waals surface area contributed by atoms with Crippen molar-refractivity contribution in [3.63, 3.8) is 0 Å². The molecule has 0 N–H and O–H groups in total. The second kappa shape index (κ2) is 6.51. The summed E-state index contributed by atoms with van der Waals surface area (Å²) in [6.45, 7) is 6.52. The van der Waals surface area contributed by atoms with Gasteiger partial charge < -0.3 is 9.80 Å². The van der Waals surface area contributed by atoms with Gasteiger partial charge in [0.05, 0.1) is 28.9 Å². The minimum absolute atomic E-state index is 0.0337. The number of nitriles is 1. The molecule has 2 bridgehead atoms. The molecule has 158 valence electrons. The van der Waals surface area contributed by atoms with Gasteiger partial charge in [0.1, 0.15) is 12.1 Å². The molecule has 1 aromatic heterocycles. The van der Waals surface area contributed by atoms with Gasteiger partial charge in [0.25, 0.3) is 5.91 Å². The van der Waals surface area contributed by atoms with Crippen LogP contribution in [0.1, 0.15) is 39.2 Å². The van der Waals surface area contributed by atoms with Crippen LogP contribution in [0.25, 0.3) is 10.9 Å². The number of carbonyl (C=O) groups is 3. The van der Waals surface area contributed by atoms with E-state index in [1.165, 1.54) is 4.90 Å². The lowest BCUT2D eigenvalue weighted by Gasteiger charge is -2.36. The van der Waals surface area contributed by atoms with Crippen molar-refractivity contribution in [2.75, 3.05) is 11.4 Å². The third-order valence-corrected chi connectivity index (χ3v) is 6.37. The predicted octanol–water partition coefficient (Wildman–Crippen LogP) is 2.66. The van der Waals surface area contributed by atoms with E-state index < -0.39 is 6.04 Å². The molecule has 3 saturated heterocycles. The summed E-state index contributed by atoms with van der Waals surface area (Å²) in [4.78, 5) is 48.6. The third kappa shape index (κ3) is 2.80. The Kier molecular flexibility index (Phi) is 4.09. The van der Waals surface area contributed by atoms with Gasteiger partial charge in [-0.2, -0.15) is 5.26 Å². The van der Waals surface area contributed by atoms with Crippen molar-refractivity contribution in [2.24, 2.45) is 5.41 Å². The number of aromatic nitrogens is 1. The summed E-state index contributed by atoms with van der Waals surface area (Å²) in [5, 5.41) is 9.96. The number of nitrogens with zero attached hydrogens (tertiary/aromatic N) is 5. The fourth-order valence-corrected chi connectivity index (χ4v) is 5.16. The quantitative estimate of drug-likeness (QED) is 0.700. The van der Waals surface area contributed by atoms with Crippen LogP contribution in [0.5, 0.6) is 0 Å².